The molecule has 0 saturated heterocycles. The number of amides is 2. The number of ether oxygens (including phenoxy) is 1. The molecule has 0 aliphatic heterocycles. The second-order valence-corrected chi connectivity index (χ2v) is 8.68. The minimum absolute atomic E-state index is 0.138. The Kier molecular flexibility index (Phi) is 11.2. The Morgan fingerprint density at radius 3 is 2.53 bits per heavy atom. The number of halogens is 1. The fraction of sp³-hybridized carbons (Fsp3) is 0.375. The third kappa shape index (κ3) is 8.96. The first-order valence-corrected chi connectivity index (χ1v) is 12.0. The summed E-state index contributed by atoms with van der Waals surface area (Å²) in [4.78, 5) is 25.8. The molecule has 2 aromatic rings. The van der Waals surface area contributed by atoms with E-state index in [1.807, 2.05) is 30.3 Å². The van der Waals surface area contributed by atoms with Gasteiger partial charge in [-0.15, -0.1) is 0 Å². The number of benzene rings is 2. The molecule has 32 heavy (non-hydrogen) atoms. The normalized spacial score (nSPS) is 10.4. The van der Waals surface area contributed by atoms with E-state index in [4.69, 9.17) is 22.7 Å². The van der Waals surface area contributed by atoms with Crippen LogP contribution in [0.3, 0.4) is 0 Å². The predicted octanol–water partition coefficient (Wildman–Crippen LogP) is 4.80. The van der Waals surface area contributed by atoms with Crippen molar-refractivity contribution in [1.29, 1.82) is 0 Å². The van der Waals surface area contributed by atoms with Gasteiger partial charge in [0, 0.05) is 25.1 Å². The van der Waals surface area contributed by atoms with Crippen molar-refractivity contribution in [2.75, 3.05) is 13.2 Å². The van der Waals surface area contributed by atoms with Crippen LogP contribution in [0.5, 0.6) is 5.75 Å². The molecule has 0 aliphatic carbocycles. The predicted molar refractivity (Wildman–Crippen MR) is 135 cm³/mol. The Morgan fingerprint density at radius 2 is 1.88 bits per heavy atom. The van der Waals surface area contributed by atoms with E-state index in [0.717, 1.165) is 18.4 Å². The van der Waals surface area contributed by atoms with Gasteiger partial charge in [0.2, 0.25) is 5.91 Å². The summed E-state index contributed by atoms with van der Waals surface area (Å²) in [6.07, 6.45) is 4.66. The van der Waals surface area contributed by atoms with Gasteiger partial charge in [0.25, 0.3) is 5.91 Å². The van der Waals surface area contributed by atoms with Crippen molar-refractivity contribution in [2.24, 2.45) is 5.73 Å². The van der Waals surface area contributed by atoms with E-state index in [1.54, 1.807) is 23.1 Å². The van der Waals surface area contributed by atoms with Gasteiger partial charge in [-0.05, 0) is 58.3 Å². The Bertz CT molecular complexity index is 909. The maximum Gasteiger partial charge on any atom is 0.257 e. The average molecular weight is 520 g/mol. The number of nitrogens with two attached hydrogens (primary N) is 1. The minimum atomic E-state index is -0.425. The number of unbranched alkanes of at least 4 members (excludes halogenated alkanes) is 3. The third-order valence-corrected chi connectivity index (χ3v) is 5.78. The molecule has 172 valence electrons. The van der Waals surface area contributed by atoms with Crippen molar-refractivity contribution in [1.82, 2.24) is 10.2 Å². The third-order valence-electron chi connectivity index (χ3n) is 4.80. The van der Waals surface area contributed by atoms with Gasteiger partial charge in [0.15, 0.2) is 5.11 Å². The lowest BCUT2D eigenvalue weighted by molar-refractivity contribution is -0.118. The molecule has 0 heterocycles. The molecular formula is C24H30BrN3O3S. The number of carbonyl (C=O) groups is 2. The highest BCUT2D eigenvalue weighted by atomic mass is 79.9. The molecule has 2 rings (SSSR count). The van der Waals surface area contributed by atoms with Crippen LogP contribution in [-0.4, -0.2) is 35.0 Å². The molecule has 0 aromatic heterocycles. The number of nitrogens with one attached hydrogen (secondary N) is 1. The van der Waals surface area contributed by atoms with Crippen molar-refractivity contribution in [3.05, 3.63) is 64.1 Å². The zero-order chi connectivity index (χ0) is 23.3. The van der Waals surface area contributed by atoms with Gasteiger partial charge in [0.05, 0.1) is 11.1 Å². The molecule has 2 aromatic carbocycles. The molecule has 0 bridgehead atoms. The summed E-state index contributed by atoms with van der Waals surface area (Å²) in [5, 5.41) is 3.00. The molecule has 6 nitrogen and oxygen atoms in total. The maximum atomic E-state index is 12.8. The van der Waals surface area contributed by atoms with Crippen LogP contribution in [0.15, 0.2) is 53.0 Å². The molecule has 0 fully saturated rings. The largest absolute Gasteiger partial charge is 0.492 e. The van der Waals surface area contributed by atoms with Gasteiger partial charge in [0.1, 0.15) is 5.75 Å². The molecule has 0 aliphatic rings. The first kappa shape index (κ1) is 25.8. The number of hydrogen-bond donors (Lipinski definition) is 2. The van der Waals surface area contributed by atoms with Crippen LogP contribution in [0.25, 0.3) is 0 Å². The Balaban J connectivity index is 1.99. The smallest absolute Gasteiger partial charge is 0.257 e. The number of hydrogen-bond acceptors (Lipinski definition) is 4. The zero-order valence-electron chi connectivity index (χ0n) is 18.3. The van der Waals surface area contributed by atoms with Crippen molar-refractivity contribution in [3.63, 3.8) is 0 Å². The van der Waals surface area contributed by atoms with E-state index in [0.29, 0.717) is 35.5 Å². The topological polar surface area (TPSA) is 84.7 Å². The van der Waals surface area contributed by atoms with E-state index < -0.39 is 5.91 Å². The van der Waals surface area contributed by atoms with Crippen LogP contribution in [0.2, 0.25) is 0 Å². The summed E-state index contributed by atoms with van der Waals surface area (Å²) >= 11 is 8.94. The first-order valence-electron chi connectivity index (χ1n) is 10.8. The summed E-state index contributed by atoms with van der Waals surface area (Å²) in [6.45, 7) is 3.59. The zero-order valence-corrected chi connectivity index (χ0v) is 20.7. The molecule has 0 unspecified atom stereocenters. The van der Waals surface area contributed by atoms with Gasteiger partial charge in [-0.3, -0.25) is 14.9 Å². The lowest BCUT2D eigenvalue weighted by atomic mass is 10.2. The van der Waals surface area contributed by atoms with E-state index >= 15 is 0 Å². The minimum Gasteiger partial charge on any atom is -0.492 e. The highest BCUT2D eigenvalue weighted by molar-refractivity contribution is 9.10. The van der Waals surface area contributed by atoms with Gasteiger partial charge in [-0.25, -0.2) is 0 Å². The Morgan fingerprint density at radius 1 is 1.12 bits per heavy atom. The molecule has 2 amide bonds. The molecule has 0 spiro atoms. The summed E-state index contributed by atoms with van der Waals surface area (Å²) in [5.41, 5.74) is 6.76. The maximum absolute atomic E-state index is 12.8. The number of rotatable bonds is 12. The van der Waals surface area contributed by atoms with Crippen LogP contribution in [0.4, 0.5) is 0 Å². The highest BCUT2D eigenvalue weighted by Gasteiger charge is 2.16. The van der Waals surface area contributed by atoms with Crippen LogP contribution in [0, 0.1) is 0 Å². The molecule has 8 heteroatoms. The number of thiocarbonyl (C=S) groups is 1. The lowest BCUT2D eigenvalue weighted by Gasteiger charge is -2.25. The van der Waals surface area contributed by atoms with Crippen molar-refractivity contribution in [2.45, 2.75) is 45.6 Å². The Labute approximate surface area is 203 Å². The highest BCUT2D eigenvalue weighted by Crippen LogP contribution is 2.26. The van der Waals surface area contributed by atoms with Crippen molar-refractivity contribution >= 4 is 45.1 Å². The molecule has 0 saturated carbocycles. The van der Waals surface area contributed by atoms with Crippen molar-refractivity contribution < 1.29 is 14.3 Å². The quantitative estimate of drug-likeness (QED) is 0.310. The summed E-state index contributed by atoms with van der Waals surface area (Å²) < 4.78 is 6.51. The number of primary amides is 1. The summed E-state index contributed by atoms with van der Waals surface area (Å²) in [7, 11) is 0. The lowest BCUT2D eigenvalue weighted by Crippen LogP contribution is -2.43. The van der Waals surface area contributed by atoms with E-state index in [9.17, 15) is 9.59 Å². The van der Waals surface area contributed by atoms with E-state index in [2.05, 4.69) is 28.2 Å². The number of nitrogens with zero attached hydrogens (tertiary/aromatic N) is 1. The summed E-state index contributed by atoms with van der Waals surface area (Å²) in [5.74, 6) is -0.0541. The number of carbonyl (C=O) groups excluding carboxylic acids is 2. The van der Waals surface area contributed by atoms with Crippen LogP contribution in [-0.2, 0) is 11.3 Å². The van der Waals surface area contributed by atoms with Gasteiger partial charge in [-0.1, -0.05) is 56.5 Å². The molecule has 0 radical (unpaired) electrons. The standard InChI is InChI=1S/C24H30BrN3O3S/c1-2-3-4-8-15-31-21-12-11-19(16-20(21)25)23(30)27-24(32)28(14-13-22(26)29)17-18-9-6-5-7-10-18/h5-7,9-12,16H,2-4,8,13-15,17H2,1H3,(H2,26,29)(H,27,30,32). The Hall–Kier alpha value is -2.45. The SMILES string of the molecule is CCCCCCOc1ccc(C(=O)NC(=S)N(CCC(N)=O)Cc2ccccc2)cc1Br. The fourth-order valence-electron chi connectivity index (χ4n) is 3.02. The summed E-state index contributed by atoms with van der Waals surface area (Å²) in [6, 6.07) is 14.9. The fourth-order valence-corrected chi connectivity index (χ4v) is 3.76. The van der Waals surface area contributed by atoms with Gasteiger partial charge >= 0.3 is 0 Å². The van der Waals surface area contributed by atoms with Crippen LogP contribution >= 0.6 is 28.1 Å². The average Bonchev–Trinajstić information content (AvgIpc) is 2.77. The van der Waals surface area contributed by atoms with Gasteiger partial charge in [-0.2, -0.15) is 0 Å². The molecule has 0 atom stereocenters. The molecule has 3 N–H and O–H groups in total. The second kappa shape index (κ2) is 13.9. The van der Waals surface area contributed by atoms with E-state index in [1.165, 1.54) is 12.8 Å². The molecular weight excluding hydrogens is 490 g/mol. The van der Waals surface area contributed by atoms with Crippen LogP contribution < -0.4 is 15.8 Å². The van der Waals surface area contributed by atoms with Crippen LogP contribution in [0.1, 0.15) is 54.9 Å². The van der Waals surface area contributed by atoms with E-state index in [-0.39, 0.29) is 17.4 Å². The first-order chi connectivity index (χ1) is 15.4. The van der Waals surface area contributed by atoms with Crippen molar-refractivity contribution in [3.8, 4) is 5.75 Å². The second-order valence-electron chi connectivity index (χ2n) is 7.44. The monoisotopic (exact) mass is 519 g/mol. The van der Waals surface area contributed by atoms with Gasteiger partial charge < -0.3 is 15.4 Å².